The van der Waals surface area contributed by atoms with Crippen molar-refractivity contribution in [1.29, 1.82) is 0 Å². The number of aryl methyl sites for hydroxylation is 1. The lowest BCUT2D eigenvalue weighted by atomic mass is 10.0. The molecule has 0 saturated carbocycles. The van der Waals surface area contributed by atoms with Gasteiger partial charge in [-0.2, -0.15) is 0 Å². The molecule has 0 aliphatic carbocycles. The lowest BCUT2D eigenvalue weighted by Crippen LogP contribution is -2.09. The van der Waals surface area contributed by atoms with Crippen LogP contribution in [0.15, 0.2) is 36.9 Å². The number of hydrogen-bond acceptors (Lipinski definition) is 1. The Morgan fingerprint density at radius 2 is 2.00 bits per heavy atom. The topological polar surface area (TPSA) is 26.0 Å². The molecule has 0 saturated heterocycles. The predicted octanol–water partition coefficient (Wildman–Crippen LogP) is 2.96. The fraction of sp³-hybridized carbons (Fsp3) is 0.333. The van der Waals surface area contributed by atoms with E-state index < -0.39 is 0 Å². The first kappa shape index (κ1) is 10.0. The van der Waals surface area contributed by atoms with Gasteiger partial charge in [0.05, 0.1) is 0 Å². The summed E-state index contributed by atoms with van der Waals surface area (Å²) >= 11 is 0. The van der Waals surface area contributed by atoms with E-state index >= 15 is 0 Å². The van der Waals surface area contributed by atoms with Crippen molar-refractivity contribution in [2.45, 2.75) is 25.8 Å². The summed E-state index contributed by atoms with van der Waals surface area (Å²) in [6, 6.07) is 8.55. The summed E-state index contributed by atoms with van der Waals surface area (Å²) in [6.45, 7) is 5.77. The maximum Gasteiger partial charge on any atom is 0.0297 e. The molecule has 0 radical (unpaired) electrons. The number of benzene rings is 1. The average molecular weight is 175 g/mol. The van der Waals surface area contributed by atoms with Crippen molar-refractivity contribution in [2.75, 3.05) is 0 Å². The molecule has 1 heteroatoms. The van der Waals surface area contributed by atoms with E-state index in [9.17, 15) is 0 Å². The zero-order valence-corrected chi connectivity index (χ0v) is 8.16. The molecule has 13 heavy (non-hydrogen) atoms. The maximum absolute atomic E-state index is 5.98. The van der Waals surface area contributed by atoms with Crippen molar-refractivity contribution >= 4 is 0 Å². The lowest BCUT2D eigenvalue weighted by molar-refractivity contribution is 0.661. The minimum atomic E-state index is 0.151. The first-order valence-electron chi connectivity index (χ1n) is 4.67. The average Bonchev–Trinajstić information content (AvgIpc) is 2.15. The van der Waals surface area contributed by atoms with Crippen LogP contribution < -0.4 is 5.73 Å². The van der Waals surface area contributed by atoms with E-state index in [1.54, 1.807) is 0 Å². The SMILES string of the molecule is C=CCCC(N)c1ccc(C)cc1. The van der Waals surface area contributed by atoms with Crippen LogP contribution in [0, 0.1) is 6.92 Å². The van der Waals surface area contributed by atoms with Crippen LogP contribution in [0.5, 0.6) is 0 Å². The molecule has 2 N–H and O–H groups in total. The van der Waals surface area contributed by atoms with Crippen LogP contribution in [-0.4, -0.2) is 0 Å². The van der Waals surface area contributed by atoms with Crippen LogP contribution in [0.3, 0.4) is 0 Å². The van der Waals surface area contributed by atoms with Gasteiger partial charge in [-0.1, -0.05) is 35.9 Å². The summed E-state index contributed by atoms with van der Waals surface area (Å²) < 4.78 is 0. The fourth-order valence-corrected chi connectivity index (χ4v) is 1.28. The van der Waals surface area contributed by atoms with E-state index in [4.69, 9.17) is 5.73 Å². The third kappa shape index (κ3) is 3.03. The molecule has 70 valence electrons. The summed E-state index contributed by atoms with van der Waals surface area (Å²) in [4.78, 5) is 0. The second kappa shape index (κ2) is 4.83. The third-order valence-corrected chi connectivity index (χ3v) is 2.19. The number of rotatable bonds is 4. The Hall–Kier alpha value is -1.08. The van der Waals surface area contributed by atoms with Crippen LogP contribution in [0.1, 0.15) is 30.0 Å². The van der Waals surface area contributed by atoms with Gasteiger partial charge < -0.3 is 5.73 Å². The molecule has 0 heterocycles. The van der Waals surface area contributed by atoms with E-state index in [0.717, 1.165) is 12.8 Å². The van der Waals surface area contributed by atoms with E-state index in [2.05, 4.69) is 37.8 Å². The Balaban J connectivity index is 2.60. The summed E-state index contributed by atoms with van der Waals surface area (Å²) in [7, 11) is 0. The lowest BCUT2D eigenvalue weighted by Gasteiger charge is -2.10. The monoisotopic (exact) mass is 175 g/mol. The highest BCUT2D eigenvalue weighted by Crippen LogP contribution is 2.16. The van der Waals surface area contributed by atoms with Gasteiger partial charge in [-0.05, 0) is 25.3 Å². The van der Waals surface area contributed by atoms with E-state index in [-0.39, 0.29) is 6.04 Å². The molecular formula is C12H17N. The summed E-state index contributed by atoms with van der Waals surface area (Å²) in [5.41, 5.74) is 8.48. The third-order valence-electron chi connectivity index (χ3n) is 2.19. The molecule has 0 aliphatic heterocycles. The van der Waals surface area contributed by atoms with Crippen LogP contribution in [0.2, 0.25) is 0 Å². The highest BCUT2D eigenvalue weighted by atomic mass is 14.6. The molecule has 0 spiro atoms. The van der Waals surface area contributed by atoms with Gasteiger partial charge in [-0.3, -0.25) is 0 Å². The normalized spacial score (nSPS) is 12.5. The minimum absolute atomic E-state index is 0.151. The van der Waals surface area contributed by atoms with Crippen LogP contribution in [-0.2, 0) is 0 Å². The molecule has 1 aromatic rings. The maximum atomic E-state index is 5.98. The van der Waals surface area contributed by atoms with Crippen molar-refractivity contribution in [1.82, 2.24) is 0 Å². The van der Waals surface area contributed by atoms with Crippen LogP contribution >= 0.6 is 0 Å². The molecule has 1 aromatic carbocycles. The summed E-state index contributed by atoms with van der Waals surface area (Å²) in [5.74, 6) is 0. The Morgan fingerprint density at radius 1 is 1.38 bits per heavy atom. The molecule has 0 amide bonds. The number of hydrogen-bond donors (Lipinski definition) is 1. The standard InChI is InChI=1S/C12H17N/c1-3-4-5-12(13)11-8-6-10(2)7-9-11/h3,6-9,12H,1,4-5,13H2,2H3. The molecule has 0 aliphatic rings. The van der Waals surface area contributed by atoms with Gasteiger partial charge in [-0.25, -0.2) is 0 Å². The second-order valence-corrected chi connectivity index (χ2v) is 3.38. The Bertz CT molecular complexity index is 261. The van der Waals surface area contributed by atoms with Gasteiger partial charge in [-0.15, -0.1) is 6.58 Å². The highest BCUT2D eigenvalue weighted by Gasteiger charge is 2.03. The molecule has 0 fully saturated rings. The predicted molar refractivity (Wildman–Crippen MR) is 57.5 cm³/mol. The van der Waals surface area contributed by atoms with Gasteiger partial charge >= 0.3 is 0 Å². The highest BCUT2D eigenvalue weighted by molar-refractivity contribution is 5.23. The first-order chi connectivity index (χ1) is 6.24. The quantitative estimate of drug-likeness (QED) is 0.699. The Morgan fingerprint density at radius 3 is 2.54 bits per heavy atom. The van der Waals surface area contributed by atoms with Crippen LogP contribution in [0.4, 0.5) is 0 Å². The molecular weight excluding hydrogens is 158 g/mol. The number of nitrogens with two attached hydrogens (primary N) is 1. The minimum Gasteiger partial charge on any atom is -0.324 e. The smallest absolute Gasteiger partial charge is 0.0297 e. The molecule has 0 bridgehead atoms. The molecule has 1 atom stereocenters. The summed E-state index contributed by atoms with van der Waals surface area (Å²) in [5, 5.41) is 0. The van der Waals surface area contributed by atoms with Crippen molar-refractivity contribution < 1.29 is 0 Å². The molecule has 1 unspecified atom stereocenters. The van der Waals surface area contributed by atoms with Gasteiger partial charge in [0.25, 0.3) is 0 Å². The molecule has 1 nitrogen and oxygen atoms in total. The van der Waals surface area contributed by atoms with Gasteiger partial charge in [0.15, 0.2) is 0 Å². The summed E-state index contributed by atoms with van der Waals surface area (Å²) in [6.07, 6.45) is 3.87. The first-order valence-corrected chi connectivity index (χ1v) is 4.67. The van der Waals surface area contributed by atoms with E-state index in [0.29, 0.717) is 0 Å². The van der Waals surface area contributed by atoms with Crippen molar-refractivity contribution in [3.8, 4) is 0 Å². The fourth-order valence-electron chi connectivity index (χ4n) is 1.28. The Kier molecular flexibility index (Phi) is 3.71. The largest absolute Gasteiger partial charge is 0.324 e. The molecule has 1 rings (SSSR count). The van der Waals surface area contributed by atoms with Gasteiger partial charge in [0, 0.05) is 6.04 Å². The second-order valence-electron chi connectivity index (χ2n) is 3.38. The zero-order chi connectivity index (χ0) is 9.68. The van der Waals surface area contributed by atoms with Gasteiger partial charge in [0.1, 0.15) is 0 Å². The van der Waals surface area contributed by atoms with Crippen molar-refractivity contribution in [2.24, 2.45) is 5.73 Å². The zero-order valence-electron chi connectivity index (χ0n) is 8.16. The number of allylic oxidation sites excluding steroid dienone is 1. The van der Waals surface area contributed by atoms with E-state index in [1.165, 1.54) is 11.1 Å². The van der Waals surface area contributed by atoms with Crippen LogP contribution in [0.25, 0.3) is 0 Å². The molecule has 0 aromatic heterocycles. The van der Waals surface area contributed by atoms with Crippen molar-refractivity contribution in [3.05, 3.63) is 48.0 Å². The van der Waals surface area contributed by atoms with Gasteiger partial charge in [0.2, 0.25) is 0 Å². The van der Waals surface area contributed by atoms with Crippen molar-refractivity contribution in [3.63, 3.8) is 0 Å². The van der Waals surface area contributed by atoms with E-state index in [1.807, 2.05) is 6.08 Å². The Labute approximate surface area is 80.3 Å².